The summed E-state index contributed by atoms with van der Waals surface area (Å²) in [6, 6.07) is 5.54. The van der Waals surface area contributed by atoms with Crippen molar-refractivity contribution in [2.75, 3.05) is 19.5 Å². The van der Waals surface area contributed by atoms with E-state index >= 15 is 0 Å². The Hall–Kier alpha value is -2.54. The number of halogens is 1. The van der Waals surface area contributed by atoms with Gasteiger partial charge in [-0.3, -0.25) is 10.1 Å². The highest BCUT2D eigenvalue weighted by Crippen LogP contribution is 2.54. The van der Waals surface area contributed by atoms with Crippen molar-refractivity contribution in [1.82, 2.24) is 0 Å². The maximum Gasteiger partial charge on any atom is 0.292 e. The van der Waals surface area contributed by atoms with Gasteiger partial charge in [0.15, 0.2) is 11.5 Å². The molecule has 29 heavy (non-hydrogen) atoms. The number of methoxy groups -OCH3 is 2. The van der Waals surface area contributed by atoms with Gasteiger partial charge in [0.05, 0.1) is 29.7 Å². The predicted molar refractivity (Wildman–Crippen MR) is 116 cm³/mol. The minimum absolute atomic E-state index is 0.0839. The zero-order valence-corrected chi connectivity index (χ0v) is 18.4. The van der Waals surface area contributed by atoms with Gasteiger partial charge >= 0.3 is 0 Å². The summed E-state index contributed by atoms with van der Waals surface area (Å²) in [6.45, 7) is 3.99. The minimum atomic E-state index is -0.293. The van der Waals surface area contributed by atoms with E-state index in [1.807, 2.05) is 19.1 Å². The second-order valence-electron chi connectivity index (χ2n) is 7.60. The van der Waals surface area contributed by atoms with Crippen molar-refractivity contribution in [2.24, 2.45) is 5.92 Å². The van der Waals surface area contributed by atoms with Gasteiger partial charge in [-0.25, -0.2) is 0 Å². The molecule has 0 saturated carbocycles. The number of benzene rings is 2. The van der Waals surface area contributed by atoms with Crippen LogP contribution in [0.2, 0.25) is 0 Å². The monoisotopic (exact) mass is 458 g/mol. The van der Waals surface area contributed by atoms with Crippen molar-refractivity contribution in [1.29, 1.82) is 0 Å². The molecule has 0 saturated heterocycles. The van der Waals surface area contributed by atoms with Crippen molar-refractivity contribution in [3.8, 4) is 11.5 Å². The number of fused-ring (bicyclic) bond motifs is 3. The van der Waals surface area contributed by atoms with Gasteiger partial charge in [0.1, 0.15) is 5.69 Å². The van der Waals surface area contributed by atoms with Gasteiger partial charge < -0.3 is 14.8 Å². The van der Waals surface area contributed by atoms with Crippen molar-refractivity contribution in [3.05, 3.63) is 67.2 Å². The number of anilines is 1. The number of aryl methyl sites for hydroxylation is 1. The molecule has 0 fully saturated rings. The zero-order chi connectivity index (χ0) is 20.9. The topological polar surface area (TPSA) is 73.6 Å². The molecule has 3 atom stereocenters. The SMILES string of the molecule is COc1cc([C@H]2Nc3c([N+](=O)[O-])cc(C)c(C)c3C3C=CCC32)cc(Br)c1OC. The number of nitrogens with zero attached hydrogens (tertiary/aromatic N) is 1. The molecule has 1 heterocycles. The standard InChI is InChI=1S/C22H23BrN2O4/c1-11-8-17(25(26)27)21-19(12(11)2)14-6-5-7-15(14)20(24-21)13-9-16(23)22(29-4)18(10-13)28-3/h5-6,8-10,14-15,20,24H,7H2,1-4H3/t14?,15?,20-/m1/s1. The third kappa shape index (κ3) is 3.08. The van der Waals surface area contributed by atoms with Crippen molar-refractivity contribution < 1.29 is 14.4 Å². The number of rotatable bonds is 4. The lowest BCUT2D eigenvalue weighted by Gasteiger charge is -2.38. The van der Waals surface area contributed by atoms with E-state index < -0.39 is 0 Å². The van der Waals surface area contributed by atoms with Crippen LogP contribution < -0.4 is 14.8 Å². The summed E-state index contributed by atoms with van der Waals surface area (Å²) in [4.78, 5) is 11.5. The molecule has 1 aliphatic carbocycles. The van der Waals surface area contributed by atoms with Crippen molar-refractivity contribution in [3.63, 3.8) is 0 Å². The normalized spacial score (nSPS) is 21.9. The van der Waals surface area contributed by atoms with E-state index in [9.17, 15) is 10.1 Å². The number of hydrogen-bond donors (Lipinski definition) is 1. The van der Waals surface area contributed by atoms with Gasteiger partial charge in [-0.2, -0.15) is 0 Å². The van der Waals surface area contributed by atoms with E-state index in [-0.39, 0.29) is 28.5 Å². The lowest BCUT2D eigenvalue weighted by atomic mass is 9.74. The maximum atomic E-state index is 11.8. The maximum absolute atomic E-state index is 11.8. The Morgan fingerprint density at radius 3 is 2.62 bits per heavy atom. The molecule has 2 unspecified atom stereocenters. The Labute approximate surface area is 178 Å². The molecular formula is C22H23BrN2O4. The summed E-state index contributed by atoms with van der Waals surface area (Å²) in [6.07, 6.45) is 5.29. The average molecular weight is 459 g/mol. The third-order valence-electron chi connectivity index (χ3n) is 6.16. The average Bonchev–Trinajstić information content (AvgIpc) is 3.18. The van der Waals surface area contributed by atoms with Crippen molar-refractivity contribution >= 4 is 27.3 Å². The summed E-state index contributed by atoms with van der Waals surface area (Å²) >= 11 is 3.57. The Morgan fingerprint density at radius 2 is 1.97 bits per heavy atom. The number of allylic oxidation sites excluding steroid dienone is 2. The molecule has 2 aromatic rings. The van der Waals surface area contributed by atoms with Crippen LogP contribution >= 0.6 is 15.9 Å². The van der Waals surface area contributed by atoms with Crippen LogP contribution in [0.25, 0.3) is 0 Å². The van der Waals surface area contributed by atoms with Gasteiger partial charge in [0.2, 0.25) is 0 Å². The van der Waals surface area contributed by atoms with E-state index in [4.69, 9.17) is 9.47 Å². The fourth-order valence-electron chi connectivity index (χ4n) is 4.67. The van der Waals surface area contributed by atoms with Gasteiger partial charge in [0, 0.05) is 12.0 Å². The molecule has 7 heteroatoms. The predicted octanol–water partition coefficient (Wildman–Crippen LogP) is 5.82. The van der Waals surface area contributed by atoms with E-state index in [0.29, 0.717) is 17.2 Å². The molecule has 0 bridgehead atoms. The first-order chi connectivity index (χ1) is 13.9. The molecule has 1 aliphatic heterocycles. The Bertz CT molecular complexity index is 1030. The quantitative estimate of drug-likeness (QED) is 0.355. The summed E-state index contributed by atoms with van der Waals surface area (Å²) in [5, 5.41) is 15.3. The van der Waals surface area contributed by atoms with Gasteiger partial charge in [-0.15, -0.1) is 0 Å². The molecule has 0 aromatic heterocycles. The zero-order valence-electron chi connectivity index (χ0n) is 16.8. The van der Waals surface area contributed by atoms with E-state index in [0.717, 1.165) is 33.1 Å². The molecule has 2 aliphatic rings. The molecule has 1 N–H and O–H groups in total. The first-order valence-electron chi connectivity index (χ1n) is 9.50. The largest absolute Gasteiger partial charge is 0.493 e. The molecule has 152 valence electrons. The van der Waals surface area contributed by atoms with Crippen LogP contribution in [0.15, 0.2) is 34.8 Å². The number of nitro benzene ring substituents is 1. The Morgan fingerprint density at radius 1 is 1.21 bits per heavy atom. The Balaban J connectivity index is 1.90. The van der Waals surface area contributed by atoms with E-state index in [1.54, 1.807) is 20.3 Å². The third-order valence-corrected chi connectivity index (χ3v) is 6.75. The molecule has 2 aromatic carbocycles. The highest BCUT2D eigenvalue weighted by atomic mass is 79.9. The number of nitrogens with one attached hydrogen (secondary N) is 1. The molecular weight excluding hydrogens is 436 g/mol. The lowest BCUT2D eigenvalue weighted by Crippen LogP contribution is -2.30. The van der Waals surface area contributed by atoms with Crippen LogP contribution in [0.1, 0.15) is 40.6 Å². The van der Waals surface area contributed by atoms with Crippen LogP contribution in [0, 0.1) is 29.9 Å². The fraction of sp³-hybridized carbons (Fsp3) is 0.364. The van der Waals surface area contributed by atoms with Crippen molar-refractivity contribution in [2.45, 2.75) is 32.2 Å². The second-order valence-corrected chi connectivity index (χ2v) is 8.45. The van der Waals surface area contributed by atoms with Gasteiger partial charge in [0.25, 0.3) is 5.69 Å². The number of nitro groups is 1. The Kier molecular flexibility index (Phi) is 5.02. The highest BCUT2D eigenvalue weighted by Gasteiger charge is 2.42. The fourth-order valence-corrected chi connectivity index (χ4v) is 5.29. The van der Waals surface area contributed by atoms with Crippen LogP contribution in [0.3, 0.4) is 0 Å². The first kappa shape index (κ1) is 19.8. The second kappa shape index (κ2) is 7.37. The van der Waals surface area contributed by atoms with Crippen LogP contribution in [-0.2, 0) is 0 Å². The lowest BCUT2D eigenvalue weighted by molar-refractivity contribution is -0.384. The van der Waals surface area contributed by atoms with Crippen LogP contribution in [0.4, 0.5) is 11.4 Å². The first-order valence-corrected chi connectivity index (χ1v) is 10.3. The highest BCUT2D eigenvalue weighted by molar-refractivity contribution is 9.10. The smallest absolute Gasteiger partial charge is 0.292 e. The molecule has 0 spiro atoms. The number of ether oxygens (including phenoxy) is 2. The molecule has 6 nitrogen and oxygen atoms in total. The van der Waals surface area contributed by atoms with E-state index in [1.165, 1.54) is 0 Å². The van der Waals surface area contributed by atoms with Crippen LogP contribution in [-0.4, -0.2) is 19.1 Å². The molecule has 0 radical (unpaired) electrons. The molecule has 4 rings (SSSR count). The van der Waals surface area contributed by atoms with Gasteiger partial charge in [-0.05, 0) is 76.5 Å². The molecule has 0 amide bonds. The summed E-state index contributed by atoms with van der Waals surface area (Å²) in [7, 11) is 3.21. The number of hydrogen-bond acceptors (Lipinski definition) is 5. The summed E-state index contributed by atoms with van der Waals surface area (Å²) in [5.41, 5.74) is 4.88. The van der Waals surface area contributed by atoms with Gasteiger partial charge in [-0.1, -0.05) is 12.2 Å². The van der Waals surface area contributed by atoms with E-state index in [2.05, 4.69) is 40.3 Å². The summed E-state index contributed by atoms with van der Waals surface area (Å²) < 4.78 is 11.7. The van der Waals surface area contributed by atoms with Crippen LogP contribution in [0.5, 0.6) is 11.5 Å². The summed E-state index contributed by atoms with van der Waals surface area (Å²) in [5.74, 6) is 1.67. The minimum Gasteiger partial charge on any atom is -0.493 e.